The van der Waals surface area contributed by atoms with Crippen LogP contribution >= 0.6 is 0 Å². The van der Waals surface area contributed by atoms with E-state index < -0.39 is 0 Å². The molecule has 2 aliphatic rings. The Kier molecular flexibility index (Phi) is 5.59. The minimum atomic E-state index is -0.0237. The Morgan fingerprint density at radius 2 is 0.907 bits per heavy atom. The van der Waals surface area contributed by atoms with Crippen LogP contribution in [0.3, 0.4) is 0 Å². The third kappa shape index (κ3) is 3.78. The minimum absolute atomic E-state index is 0.0142. The molecule has 208 valence electrons. The second-order valence-electron chi connectivity index (χ2n) is 13.0. The van der Waals surface area contributed by atoms with Crippen molar-refractivity contribution in [2.45, 2.75) is 38.5 Å². The van der Waals surface area contributed by atoms with Gasteiger partial charge in [-0.2, -0.15) is 0 Å². The molecule has 0 aromatic heterocycles. The number of rotatable bonds is 4. The predicted molar refractivity (Wildman–Crippen MR) is 182 cm³/mol. The standard InChI is InChI=1S/C42H35N/c1-41(2)36-21-10-8-18-33(36)35-27-31(24-25-38(35)41)43(29-15-6-5-7-16-29)30-17-12-14-28(26-30)32-20-13-23-39-40(32)34-19-9-11-22-37(34)42(39,3)4/h5-27H,1-4H3. The smallest absolute Gasteiger partial charge is 0.0468 e. The van der Waals surface area contributed by atoms with Gasteiger partial charge in [0.05, 0.1) is 0 Å². The van der Waals surface area contributed by atoms with E-state index >= 15 is 0 Å². The Balaban J connectivity index is 1.30. The SMILES string of the molecule is CC1(C)c2ccccc2-c2cc(N(c3ccccc3)c3cccc(-c4cccc5c4-c4ccccc4C5(C)C)c3)ccc21. The van der Waals surface area contributed by atoms with Crippen molar-refractivity contribution in [2.75, 3.05) is 4.90 Å². The Morgan fingerprint density at radius 3 is 1.70 bits per heavy atom. The van der Waals surface area contributed by atoms with Gasteiger partial charge in [0.25, 0.3) is 0 Å². The van der Waals surface area contributed by atoms with Crippen molar-refractivity contribution in [3.63, 3.8) is 0 Å². The van der Waals surface area contributed by atoms with Gasteiger partial charge in [-0.05, 0) is 92.0 Å². The first-order valence-corrected chi connectivity index (χ1v) is 15.3. The molecule has 6 aromatic rings. The molecule has 0 atom stereocenters. The van der Waals surface area contributed by atoms with Crippen molar-refractivity contribution in [3.05, 3.63) is 162 Å². The quantitative estimate of drug-likeness (QED) is 0.210. The molecule has 0 N–H and O–H groups in total. The summed E-state index contributed by atoms with van der Waals surface area (Å²) >= 11 is 0. The summed E-state index contributed by atoms with van der Waals surface area (Å²) in [5, 5.41) is 0. The summed E-state index contributed by atoms with van der Waals surface area (Å²) in [6.07, 6.45) is 0. The van der Waals surface area contributed by atoms with Crippen molar-refractivity contribution in [1.29, 1.82) is 0 Å². The van der Waals surface area contributed by atoms with Crippen molar-refractivity contribution in [3.8, 4) is 33.4 Å². The Bertz CT molecular complexity index is 2030. The zero-order valence-electron chi connectivity index (χ0n) is 25.2. The summed E-state index contributed by atoms with van der Waals surface area (Å²) in [6, 6.07) is 51.5. The van der Waals surface area contributed by atoms with E-state index in [1.165, 1.54) is 61.3 Å². The van der Waals surface area contributed by atoms with Gasteiger partial charge < -0.3 is 4.90 Å². The molecular weight excluding hydrogens is 518 g/mol. The molecule has 6 aromatic carbocycles. The van der Waals surface area contributed by atoms with E-state index in [4.69, 9.17) is 0 Å². The highest BCUT2D eigenvalue weighted by Crippen LogP contribution is 2.53. The molecule has 1 heteroatoms. The van der Waals surface area contributed by atoms with E-state index in [9.17, 15) is 0 Å². The zero-order chi connectivity index (χ0) is 29.3. The first kappa shape index (κ1) is 25.8. The second-order valence-corrected chi connectivity index (χ2v) is 13.0. The van der Waals surface area contributed by atoms with Crippen LogP contribution < -0.4 is 4.90 Å². The van der Waals surface area contributed by atoms with Crippen LogP contribution in [0.25, 0.3) is 33.4 Å². The lowest BCUT2D eigenvalue weighted by Gasteiger charge is -2.27. The van der Waals surface area contributed by atoms with Crippen LogP contribution in [-0.4, -0.2) is 0 Å². The fraction of sp³-hybridized carbons (Fsp3) is 0.143. The van der Waals surface area contributed by atoms with Gasteiger partial charge in [-0.25, -0.2) is 0 Å². The van der Waals surface area contributed by atoms with E-state index in [1.807, 2.05) is 0 Å². The van der Waals surface area contributed by atoms with Gasteiger partial charge in [-0.3, -0.25) is 0 Å². The van der Waals surface area contributed by atoms with E-state index in [1.54, 1.807) is 0 Å². The Morgan fingerprint density at radius 1 is 0.372 bits per heavy atom. The highest BCUT2D eigenvalue weighted by Gasteiger charge is 2.37. The second kappa shape index (κ2) is 9.31. The summed E-state index contributed by atoms with van der Waals surface area (Å²) in [4.78, 5) is 2.40. The minimum Gasteiger partial charge on any atom is -0.310 e. The van der Waals surface area contributed by atoms with Gasteiger partial charge >= 0.3 is 0 Å². The molecule has 43 heavy (non-hydrogen) atoms. The molecule has 0 unspecified atom stereocenters. The third-order valence-corrected chi connectivity index (χ3v) is 9.86. The molecule has 0 heterocycles. The van der Waals surface area contributed by atoms with E-state index in [-0.39, 0.29) is 10.8 Å². The highest BCUT2D eigenvalue weighted by atomic mass is 15.1. The number of para-hydroxylation sites is 1. The van der Waals surface area contributed by atoms with Crippen LogP contribution in [-0.2, 0) is 10.8 Å². The number of hydrogen-bond acceptors (Lipinski definition) is 1. The van der Waals surface area contributed by atoms with E-state index in [0.717, 1.165) is 11.4 Å². The van der Waals surface area contributed by atoms with Crippen LogP contribution in [0.5, 0.6) is 0 Å². The average molecular weight is 554 g/mol. The van der Waals surface area contributed by atoms with Gasteiger partial charge in [0.2, 0.25) is 0 Å². The molecule has 0 spiro atoms. The molecule has 2 aliphatic carbocycles. The van der Waals surface area contributed by atoms with E-state index in [2.05, 4.69) is 172 Å². The molecule has 0 amide bonds. The summed E-state index contributed by atoms with van der Waals surface area (Å²) in [5.41, 5.74) is 16.9. The van der Waals surface area contributed by atoms with Crippen molar-refractivity contribution in [2.24, 2.45) is 0 Å². The molecule has 0 saturated carbocycles. The maximum absolute atomic E-state index is 2.40. The van der Waals surface area contributed by atoms with E-state index in [0.29, 0.717) is 0 Å². The van der Waals surface area contributed by atoms with Crippen molar-refractivity contribution >= 4 is 17.1 Å². The van der Waals surface area contributed by atoms with Crippen LogP contribution in [0.2, 0.25) is 0 Å². The Hall–Kier alpha value is -4.88. The number of benzene rings is 6. The van der Waals surface area contributed by atoms with Gasteiger partial charge in [0, 0.05) is 27.9 Å². The van der Waals surface area contributed by atoms with Gasteiger partial charge in [0.1, 0.15) is 0 Å². The molecule has 0 radical (unpaired) electrons. The lowest BCUT2D eigenvalue weighted by atomic mass is 9.82. The largest absolute Gasteiger partial charge is 0.310 e. The first-order valence-electron chi connectivity index (χ1n) is 15.3. The predicted octanol–water partition coefficient (Wildman–Crippen LogP) is 11.4. The molecule has 0 bridgehead atoms. The normalized spacial score (nSPS) is 14.9. The highest BCUT2D eigenvalue weighted by molar-refractivity contribution is 5.94. The van der Waals surface area contributed by atoms with Crippen LogP contribution in [0.4, 0.5) is 17.1 Å². The number of fused-ring (bicyclic) bond motifs is 6. The molecule has 8 rings (SSSR count). The van der Waals surface area contributed by atoms with Gasteiger partial charge in [-0.1, -0.05) is 131 Å². The lowest BCUT2D eigenvalue weighted by Crippen LogP contribution is -2.15. The Labute approximate surface area is 255 Å². The molecule has 1 nitrogen and oxygen atoms in total. The average Bonchev–Trinajstić information content (AvgIpc) is 3.42. The third-order valence-electron chi connectivity index (χ3n) is 9.86. The molecule has 0 aliphatic heterocycles. The first-order chi connectivity index (χ1) is 20.9. The van der Waals surface area contributed by atoms with Crippen molar-refractivity contribution < 1.29 is 0 Å². The molecular formula is C42H35N. The summed E-state index contributed by atoms with van der Waals surface area (Å²) in [5.74, 6) is 0. The fourth-order valence-corrected chi connectivity index (χ4v) is 7.68. The van der Waals surface area contributed by atoms with Crippen molar-refractivity contribution in [1.82, 2.24) is 0 Å². The maximum Gasteiger partial charge on any atom is 0.0468 e. The summed E-state index contributed by atoms with van der Waals surface area (Å²) in [6.45, 7) is 9.38. The summed E-state index contributed by atoms with van der Waals surface area (Å²) < 4.78 is 0. The summed E-state index contributed by atoms with van der Waals surface area (Å²) in [7, 11) is 0. The molecule has 0 saturated heterocycles. The number of anilines is 3. The maximum atomic E-state index is 2.40. The number of hydrogen-bond donors (Lipinski definition) is 0. The fourth-order valence-electron chi connectivity index (χ4n) is 7.68. The molecule has 0 fully saturated rings. The monoisotopic (exact) mass is 553 g/mol. The van der Waals surface area contributed by atoms with Gasteiger partial charge in [-0.15, -0.1) is 0 Å². The number of nitrogens with zero attached hydrogens (tertiary/aromatic N) is 1. The zero-order valence-corrected chi connectivity index (χ0v) is 25.2. The lowest BCUT2D eigenvalue weighted by molar-refractivity contribution is 0.660. The van der Waals surface area contributed by atoms with Crippen LogP contribution in [0, 0.1) is 0 Å². The van der Waals surface area contributed by atoms with Crippen LogP contribution in [0.1, 0.15) is 49.9 Å². The topological polar surface area (TPSA) is 3.24 Å². The van der Waals surface area contributed by atoms with Gasteiger partial charge in [0.15, 0.2) is 0 Å². The van der Waals surface area contributed by atoms with Crippen LogP contribution in [0.15, 0.2) is 140 Å².